The van der Waals surface area contributed by atoms with Crippen LogP contribution in [-0.4, -0.2) is 5.91 Å². The highest BCUT2D eigenvalue weighted by Crippen LogP contribution is 2.39. The lowest BCUT2D eigenvalue weighted by molar-refractivity contribution is -0.120. The summed E-state index contributed by atoms with van der Waals surface area (Å²) in [5, 5.41) is 1.83. The van der Waals surface area contributed by atoms with E-state index < -0.39 is 0 Å². The third-order valence-corrected chi connectivity index (χ3v) is 4.69. The summed E-state index contributed by atoms with van der Waals surface area (Å²) in [6, 6.07) is 12.7. The van der Waals surface area contributed by atoms with Gasteiger partial charge in [-0.3, -0.25) is 4.79 Å². The second-order valence-electron chi connectivity index (χ2n) is 5.31. The molecule has 5 heteroatoms. The molecule has 2 aromatic rings. The molecule has 1 saturated heterocycles. The Kier molecular flexibility index (Phi) is 4.62. The summed E-state index contributed by atoms with van der Waals surface area (Å²) in [7, 11) is 0. The molecule has 0 aromatic heterocycles. The Morgan fingerprint density at radius 2 is 1.68 bits per heavy atom. The van der Waals surface area contributed by atoms with Crippen LogP contribution in [0, 0.1) is 0 Å². The molecule has 0 saturated carbocycles. The normalized spacial score (nSPS) is 18.6. The standard InChI is InChI=1S/C17H14Cl3NO.H2/c18-11-4-7-13(8-5-11)21-16(2-1-3-17(21)22)14-9-6-12(19)10-15(14)20;/h4-10,16H,1-3H2;1H/i;1+2. The van der Waals surface area contributed by atoms with Crippen molar-refractivity contribution in [2.24, 2.45) is 0 Å². The van der Waals surface area contributed by atoms with E-state index in [1.165, 1.54) is 0 Å². The largest absolute Gasteiger partial charge is 0.305 e. The molecule has 2 nitrogen and oxygen atoms in total. The average molecular weight is 359 g/mol. The Bertz CT molecular complexity index is 705. The summed E-state index contributed by atoms with van der Waals surface area (Å²) in [6.07, 6.45) is 2.27. The quantitative estimate of drug-likeness (QED) is 0.630. The summed E-state index contributed by atoms with van der Waals surface area (Å²) in [6.45, 7) is 0. The van der Waals surface area contributed by atoms with Crippen LogP contribution in [0.2, 0.25) is 15.1 Å². The molecule has 1 aliphatic rings. The minimum absolute atomic E-state index is 0. The Hall–Kier alpha value is -1.22. The van der Waals surface area contributed by atoms with E-state index in [-0.39, 0.29) is 13.4 Å². The minimum atomic E-state index is -0.0767. The molecule has 1 fully saturated rings. The Morgan fingerprint density at radius 1 is 1.00 bits per heavy atom. The lowest BCUT2D eigenvalue weighted by atomic mass is 9.94. The van der Waals surface area contributed by atoms with Gasteiger partial charge in [0.25, 0.3) is 0 Å². The summed E-state index contributed by atoms with van der Waals surface area (Å²) in [4.78, 5) is 14.3. The van der Waals surface area contributed by atoms with Crippen LogP contribution in [0.1, 0.15) is 32.3 Å². The molecule has 0 spiro atoms. The maximum Gasteiger partial charge on any atom is 0.227 e. The zero-order valence-corrected chi connectivity index (χ0v) is 14.0. The number of carbonyl (C=O) groups excluding carboxylic acids is 1. The molecule has 2 aromatic carbocycles. The average Bonchev–Trinajstić information content (AvgIpc) is 2.48. The lowest BCUT2D eigenvalue weighted by Crippen LogP contribution is -2.38. The highest BCUT2D eigenvalue weighted by Gasteiger charge is 2.31. The molecule has 0 radical (unpaired) electrons. The van der Waals surface area contributed by atoms with Gasteiger partial charge in [0, 0.05) is 28.6 Å². The Morgan fingerprint density at radius 3 is 2.36 bits per heavy atom. The molecule has 0 aliphatic carbocycles. The van der Waals surface area contributed by atoms with Crippen molar-refractivity contribution in [3.8, 4) is 0 Å². The number of halogens is 3. The van der Waals surface area contributed by atoms with Gasteiger partial charge in [0.1, 0.15) is 0 Å². The van der Waals surface area contributed by atoms with E-state index in [1.807, 2.05) is 29.2 Å². The van der Waals surface area contributed by atoms with Crippen LogP contribution in [0.25, 0.3) is 0 Å². The van der Waals surface area contributed by atoms with Crippen molar-refractivity contribution in [3.63, 3.8) is 0 Å². The van der Waals surface area contributed by atoms with Gasteiger partial charge in [-0.1, -0.05) is 40.9 Å². The number of amides is 1. The third-order valence-electron chi connectivity index (χ3n) is 3.87. The van der Waals surface area contributed by atoms with Gasteiger partial charge in [0.15, 0.2) is 0 Å². The monoisotopic (exact) mass is 357 g/mol. The number of piperidine rings is 1. The maximum atomic E-state index is 12.5. The van der Waals surface area contributed by atoms with Crippen molar-refractivity contribution in [1.82, 2.24) is 0 Å². The van der Waals surface area contributed by atoms with E-state index >= 15 is 0 Å². The molecular formula is C17H16Cl3NO. The van der Waals surface area contributed by atoms with Crippen LogP contribution in [-0.2, 0) is 4.79 Å². The van der Waals surface area contributed by atoms with Gasteiger partial charge in [-0.2, -0.15) is 0 Å². The number of carbonyl (C=O) groups is 1. The molecule has 1 atom stereocenters. The summed E-state index contributed by atoms with van der Waals surface area (Å²) in [5.41, 5.74) is 1.76. The fourth-order valence-electron chi connectivity index (χ4n) is 2.86. The number of nitrogens with zero attached hydrogens (tertiary/aromatic N) is 1. The molecule has 0 N–H and O–H groups in total. The number of benzene rings is 2. The van der Waals surface area contributed by atoms with Crippen LogP contribution in [0.15, 0.2) is 42.5 Å². The number of anilines is 1. The molecule has 116 valence electrons. The molecule has 22 heavy (non-hydrogen) atoms. The summed E-state index contributed by atoms with van der Waals surface area (Å²) in [5.74, 6) is 0.101. The van der Waals surface area contributed by atoms with Crippen molar-refractivity contribution < 1.29 is 6.22 Å². The zero-order chi connectivity index (χ0) is 15.7. The number of hydrogen-bond donors (Lipinski definition) is 0. The third kappa shape index (κ3) is 3.10. The van der Waals surface area contributed by atoms with Gasteiger partial charge in [-0.25, -0.2) is 0 Å². The van der Waals surface area contributed by atoms with Crippen LogP contribution in [0.3, 0.4) is 0 Å². The Labute approximate surface area is 146 Å². The second-order valence-corrected chi connectivity index (χ2v) is 6.59. The van der Waals surface area contributed by atoms with E-state index in [1.54, 1.807) is 18.2 Å². The molecule has 0 bridgehead atoms. The molecular weight excluding hydrogens is 341 g/mol. The highest BCUT2D eigenvalue weighted by atomic mass is 35.5. The molecule has 1 heterocycles. The van der Waals surface area contributed by atoms with Crippen molar-refractivity contribution >= 4 is 46.4 Å². The topological polar surface area (TPSA) is 20.3 Å². The van der Waals surface area contributed by atoms with Crippen molar-refractivity contribution in [2.45, 2.75) is 25.3 Å². The van der Waals surface area contributed by atoms with Crippen LogP contribution >= 0.6 is 34.8 Å². The van der Waals surface area contributed by atoms with E-state index in [2.05, 4.69) is 0 Å². The van der Waals surface area contributed by atoms with E-state index in [0.29, 0.717) is 21.5 Å². The van der Waals surface area contributed by atoms with Gasteiger partial charge in [0.2, 0.25) is 5.91 Å². The first-order valence-electron chi connectivity index (χ1n) is 7.09. The smallest absolute Gasteiger partial charge is 0.227 e. The maximum absolute atomic E-state index is 12.5. The van der Waals surface area contributed by atoms with Crippen LogP contribution < -0.4 is 4.90 Å². The van der Waals surface area contributed by atoms with E-state index in [9.17, 15) is 4.79 Å². The van der Waals surface area contributed by atoms with Crippen molar-refractivity contribution in [3.05, 3.63) is 63.1 Å². The molecule has 1 amide bonds. The van der Waals surface area contributed by atoms with Crippen molar-refractivity contribution in [2.75, 3.05) is 4.90 Å². The summed E-state index contributed by atoms with van der Waals surface area (Å²) < 4.78 is 0. The van der Waals surface area contributed by atoms with Crippen molar-refractivity contribution in [1.29, 1.82) is 0 Å². The fraction of sp³-hybridized carbons (Fsp3) is 0.235. The molecule has 1 aliphatic heterocycles. The Balaban J connectivity index is 0.00000192. The first kappa shape index (κ1) is 15.7. The van der Waals surface area contributed by atoms with Gasteiger partial charge in [0.05, 0.1) is 6.04 Å². The predicted octanol–water partition coefficient (Wildman–Crippen LogP) is 6.15. The van der Waals surface area contributed by atoms with Crippen LogP contribution in [0.5, 0.6) is 0 Å². The van der Waals surface area contributed by atoms with Gasteiger partial charge in [-0.05, 0) is 54.8 Å². The van der Waals surface area contributed by atoms with Gasteiger partial charge >= 0.3 is 0 Å². The molecule has 3 rings (SSSR count). The minimum Gasteiger partial charge on any atom is -0.305 e. The summed E-state index contributed by atoms with van der Waals surface area (Å²) >= 11 is 18.3. The van der Waals surface area contributed by atoms with Crippen LogP contribution in [0.4, 0.5) is 5.69 Å². The molecule has 1 unspecified atom stereocenters. The van der Waals surface area contributed by atoms with Gasteiger partial charge < -0.3 is 4.90 Å². The first-order valence-corrected chi connectivity index (χ1v) is 8.22. The predicted molar refractivity (Wildman–Crippen MR) is 94.1 cm³/mol. The number of rotatable bonds is 2. The number of hydrogen-bond acceptors (Lipinski definition) is 1. The first-order chi connectivity index (χ1) is 10.6. The fourth-order valence-corrected chi connectivity index (χ4v) is 3.52. The van der Waals surface area contributed by atoms with E-state index in [4.69, 9.17) is 34.8 Å². The van der Waals surface area contributed by atoms with E-state index in [0.717, 1.165) is 24.1 Å². The highest BCUT2D eigenvalue weighted by molar-refractivity contribution is 6.35. The lowest BCUT2D eigenvalue weighted by Gasteiger charge is -2.36. The second kappa shape index (κ2) is 6.49. The zero-order valence-electron chi connectivity index (χ0n) is 11.7. The SMILES string of the molecule is O=C1CCCC(c2ccc(Cl)cc2Cl)N1c1ccc(Cl)cc1.[3HH]. The van der Waals surface area contributed by atoms with Gasteiger partial charge in [-0.15, -0.1) is 0 Å².